The molecule has 1 aliphatic carbocycles. The molecule has 1 aromatic heterocycles. The Morgan fingerprint density at radius 2 is 1.74 bits per heavy atom. The van der Waals surface area contributed by atoms with Crippen LogP contribution in [0.5, 0.6) is 5.75 Å². The van der Waals surface area contributed by atoms with E-state index in [9.17, 15) is 27.8 Å². The van der Waals surface area contributed by atoms with Gasteiger partial charge in [-0.15, -0.1) is 0 Å². The summed E-state index contributed by atoms with van der Waals surface area (Å²) >= 11 is 0. The van der Waals surface area contributed by atoms with Crippen LogP contribution in [0.2, 0.25) is 0 Å². The highest BCUT2D eigenvalue weighted by molar-refractivity contribution is 5.88. The number of para-hydroxylation sites is 1. The number of hydrogen-bond donors (Lipinski definition) is 2. The molecule has 1 saturated carbocycles. The molecule has 2 N–H and O–H groups in total. The molecule has 0 aliphatic heterocycles. The predicted molar refractivity (Wildman–Crippen MR) is 108 cm³/mol. The summed E-state index contributed by atoms with van der Waals surface area (Å²) in [7, 11) is 0. The molecule has 0 spiro atoms. The number of rotatable bonds is 4. The van der Waals surface area contributed by atoms with Crippen molar-refractivity contribution in [1.82, 2.24) is 9.78 Å². The summed E-state index contributed by atoms with van der Waals surface area (Å²) in [5.74, 6) is -1.38. The van der Waals surface area contributed by atoms with Gasteiger partial charge in [0.1, 0.15) is 11.6 Å². The van der Waals surface area contributed by atoms with Gasteiger partial charge < -0.3 is 10.2 Å². The third-order valence-corrected chi connectivity index (χ3v) is 6.04. The number of nitrogens with zero attached hydrogens (tertiary/aromatic N) is 2. The first-order valence-corrected chi connectivity index (χ1v) is 10.1. The average Bonchev–Trinajstić information content (AvgIpc) is 3.24. The predicted octanol–water partition coefficient (Wildman–Crippen LogP) is 5.73. The summed E-state index contributed by atoms with van der Waals surface area (Å²) in [6.45, 7) is -0.141. The quantitative estimate of drug-likeness (QED) is 0.516. The third-order valence-electron chi connectivity index (χ3n) is 6.04. The van der Waals surface area contributed by atoms with Crippen molar-refractivity contribution in [1.29, 1.82) is 0 Å². The maximum Gasteiger partial charge on any atom is 0.417 e. The molecule has 164 valence electrons. The summed E-state index contributed by atoms with van der Waals surface area (Å²) < 4.78 is 57.5. The fourth-order valence-electron chi connectivity index (χ4n) is 4.42. The molecule has 0 unspecified atom stereocenters. The first kappa shape index (κ1) is 21.4. The number of phenolic OH excluding ortho intramolecular Hbond substituents is 1. The zero-order valence-corrected chi connectivity index (χ0v) is 16.7. The molecule has 0 atom stereocenters. The molecule has 31 heavy (non-hydrogen) atoms. The molecular weight excluding hydrogens is 412 g/mol. The van der Waals surface area contributed by atoms with Gasteiger partial charge >= 0.3 is 6.18 Å². The number of aromatic hydroxyl groups is 1. The second kappa shape index (κ2) is 8.00. The first-order chi connectivity index (χ1) is 14.7. The topological polar surface area (TPSA) is 58.3 Å². The lowest BCUT2D eigenvalue weighted by atomic mass is 9.82. The third kappa shape index (κ3) is 3.92. The van der Waals surface area contributed by atoms with Crippen molar-refractivity contribution in [2.75, 3.05) is 6.61 Å². The summed E-state index contributed by atoms with van der Waals surface area (Å²) in [4.78, 5) is 0. The molecule has 4 nitrogen and oxygen atoms in total. The van der Waals surface area contributed by atoms with Gasteiger partial charge in [0.25, 0.3) is 0 Å². The van der Waals surface area contributed by atoms with Crippen molar-refractivity contribution in [2.45, 2.75) is 43.8 Å². The molecule has 0 bridgehead atoms. The Kier molecular flexibility index (Phi) is 5.51. The van der Waals surface area contributed by atoms with E-state index in [1.807, 2.05) is 0 Å². The summed E-state index contributed by atoms with van der Waals surface area (Å²) in [6, 6.07) is 7.11. The number of alkyl halides is 3. The molecule has 1 fully saturated rings. The number of benzene rings is 2. The van der Waals surface area contributed by atoms with E-state index in [1.165, 1.54) is 30.5 Å². The molecule has 0 saturated heterocycles. The highest BCUT2D eigenvalue weighted by Crippen LogP contribution is 2.46. The Balaban J connectivity index is 1.93. The molecule has 8 heteroatoms. The molecular formula is C23H22F4N2O2. The van der Waals surface area contributed by atoms with E-state index in [1.54, 1.807) is 10.9 Å². The minimum Gasteiger partial charge on any atom is -0.507 e. The Morgan fingerprint density at radius 1 is 1.03 bits per heavy atom. The SMILES string of the molecule is OCC1(n2cc(-c3cc(F)cc(C(F)(F)F)c3-c3ccccc3O)cn2)CCCCC1. The van der Waals surface area contributed by atoms with Crippen molar-refractivity contribution in [3.63, 3.8) is 0 Å². The van der Waals surface area contributed by atoms with Crippen LogP contribution >= 0.6 is 0 Å². The molecule has 1 aliphatic rings. The van der Waals surface area contributed by atoms with E-state index >= 15 is 0 Å². The highest BCUT2D eigenvalue weighted by Gasteiger charge is 2.38. The number of phenols is 1. The van der Waals surface area contributed by atoms with Gasteiger partial charge in [-0.3, -0.25) is 4.68 Å². The van der Waals surface area contributed by atoms with Crippen LogP contribution < -0.4 is 0 Å². The van der Waals surface area contributed by atoms with Gasteiger partial charge in [0.2, 0.25) is 0 Å². The summed E-state index contributed by atoms with van der Waals surface area (Å²) in [5.41, 5.74) is -1.90. The van der Waals surface area contributed by atoms with Gasteiger partial charge in [-0.2, -0.15) is 18.3 Å². The van der Waals surface area contributed by atoms with Crippen molar-refractivity contribution < 1.29 is 27.8 Å². The number of aromatic nitrogens is 2. The monoisotopic (exact) mass is 434 g/mol. The summed E-state index contributed by atoms with van der Waals surface area (Å²) in [5, 5.41) is 24.6. The van der Waals surface area contributed by atoms with Crippen molar-refractivity contribution in [3.8, 4) is 28.0 Å². The smallest absolute Gasteiger partial charge is 0.417 e. The Hall–Kier alpha value is -2.87. The zero-order chi connectivity index (χ0) is 22.2. The second-order valence-corrected chi connectivity index (χ2v) is 8.01. The van der Waals surface area contributed by atoms with Crippen molar-refractivity contribution >= 4 is 0 Å². The standard InChI is InChI=1S/C23H22F4N2O2/c24-16-10-18(15-12-28-29(13-15)22(14-30)8-4-1-5-9-22)21(19(11-16)23(25,26)27)17-6-2-3-7-20(17)31/h2-3,6-7,10-13,30-31H,1,4-5,8-9,14H2. The highest BCUT2D eigenvalue weighted by atomic mass is 19.4. The largest absolute Gasteiger partial charge is 0.507 e. The Bertz CT molecular complexity index is 1090. The number of hydrogen-bond acceptors (Lipinski definition) is 3. The van der Waals surface area contributed by atoms with E-state index in [-0.39, 0.29) is 34.6 Å². The van der Waals surface area contributed by atoms with Gasteiger partial charge in [-0.1, -0.05) is 37.5 Å². The van der Waals surface area contributed by atoms with Gasteiger partial charge in [-0.25, -0.2) is 4.39 Å². The van der Waals surface area contributed by atoms with E-state index in [0.717, 1.165) is 25.3 Å². The first-order valence-electron chi connectivity index (χ1n) is 10.1. The fourth-order valence-corrected chi connectivity index (χ4v) is 4.42. The van der Waals surface area contributed by atoms with Crippen LogP contribution in [-0.2, 0) is 11.7 Å². The molecule has 0 amide bonds. The number of halogens is 4. The molecule has 1 heterocycles. The fraction of sp³-hybridized carbons (Fsp3) is 0.348. The minimum atomic E-state index is -4.83. The van der Waals surface area contributed by atoms with Crippen LogP contribution in [0.1, 0.15) is 37.7 Å². The Morgan fingerprint density at radius 3 is 2.39 bits per heavy atom. The lowest BCUT2D eigenvalue weighted by Gasteiger charge is -2.35. The van der Waals surface area contributed by atoms with E-state index in [0.29, 0.717) is 18.9 Å². The van der Waals surface area contributed by atoms with E-state index in [2.05, 4.69) is 5.10 Å². The van der Waals surface area contributed by atoms with Crippen LogP contribution in [0, 0.1) is 5.82 Å². The summed E-state index contributed by atoms with van der Waals surface area (Å²) in [6.07, 6.45) is 2.38. The van der Waals surface area contributed by atoms with Crippen LogP contribution in [0.4, 0.5) is 17.6 Å². The van der Waals surface area contributed by atoms with Crippen LogP contribution in [-0.4, -0.2) is 26.6 Å². The lowest BCUT2D eigenvalue weighted by Crippen LogP contribution is -2.39. The Labute approximate surface area is 176 Å². The molecule has 3 aromatic rings. The number of aliphatic hydroxyl groups excluding tert-OH is 1. The maximum atomic E-state index is 14.3. The molecule has 2 aromatic carbocycles. The van der Waals surface area contributed by atoms with E-state index in [4.69, 9.17) is 0 Å². The van der Waals surface area contributed by atoms with Gasteiger partial charge in [-0.05, 0) is 36.6 Å². The lowest BCUT2D eigenvalue weighted by molar-refractivity contribution is -0.137. The minimum absolute atomic E-state index is 0.0241. The maximum absolute atomic E-state index is 14.3. The number of aliphatic hydroxyl groups is 1. The van der Waals surface area contributed by atoms with Crippen molar-refractivity contribution in [3.05, 3.63) is 60.2 Å². The van der Waals surface area contributed by atoms with E-state index < -0.39 is 23.1 Å². The normalized spacial score (nSPS) is 16.4. The zero-order valence-electron chi connectivity index (χ0n) is 16.7. The average molecular weight is 434 g/mol. The van der Waals surface area contributed by atoms with Crippen LogP contribution in [0.15, 0.2) is 48.8 Å². The van der Waals surface area contributed by atoms with Gasteiger partial charge in [0, 0.05) is 22.9 Å². The molecule has 0 radical (unpaired) electrons. The second-order valence-electron chi connectivity index (χ2n) is 8.01. The van der Waals surface area contributed by atoms with Gasteiger partial charge in [0.05, 0.1) is 23.9 Å². The van der Waals surface area contributed by atoms with Crippen LogP contribution in [0.3, 0.4) is 0 Å². The van der Waals surface area contributed by atoms with Crippen molar-refractivity contribution in [2.24, 2.45) is 0 Å². The molecule has 4 rings (SSSR count). The van der Waals surface area contributed by atoms with Gasteiger partial charge in [0.15, 0.2) is 0 Å². The van der Waals surface area contributed by atoms with Crippen LogP contribution in [0.25, 0.3) is 22.3 Å².